The Labute approximate surface area is 247 Å². The molecule has 0 unspecified atom stereocenters. The van der Waals surface area contributed by atoms with E-state index in [2.05, 4.69) is 13.8 Å². The summed E-state index contributed by atoms with van der Waals surface area (Å²) in [6.45, 7) is 5.39. The van der Waals surface area contributed by atoms with Gasteiger partial charge in [0.25, 0.3) is 0 Å². The normalized spacial score (nSPS) is 11.1. The molecule has 1 rings (SSSR count). The highest BCUT2D eigenvalue weighted by Gasteiger charge is 2.12. The summed E-state index contributed by atoms with van der Waals surface area (Å²) in [7, 11) is 0. The molecule has 0 amide bonds. The Balaban J connectivity index is 2.04. The average Bonchev–Trinajstić information content (AvgIpc) is 2.97. The van der Waals surface area contributed by atoms with Crippen molar-refractivity contribution in [2.75, 3.05) is 13.2 Å². The number of hydrogen-bond donors (Lipinski definition) is 0. The van der Waals surface area contributed by atoms with Gasteiger partial charge in [-0.2, -0.15) is 0 Å². The van der Waals surface area contributed by atoms with Gasteiger partial charge in [-0.15, -0.1) is 0 Å². The third-order valence-corrected chi connectivity index (χ3v) is 7.80. The van der Waals surface area contributed by atoms with E-state index >= 15 is 0 Å². The van der Waals surface area contributed by atoms with Crippen LogP contribution in [0.3, 0.4) is 0 Å². The van der Waals surface area contributed by atoms with Crippen LogP contribution >= 0.6 is 0 Å². The Kier molecular flexibility index (Phi) is 24.7. The Hall–Kier alpha value is -1.84. The topological polar surface area (TPSA) is 52.6 Å². The van der Waals surface area contributed by atoms with Crippen molar-refractivity contribution in [1.82, 2.24) is 0 Å². The average molecular weight is 559 g/mol. The summed E-state index contributed by atoms with van der Waals surface area (Å²) in [4.78, 5) is 24.9. The molecule has 0 aliphatic heterocycles. The van der Waals surface area contributed by atoms with Crippen molar-refractivity contribution in [2.45, 2.75) is 168 Å². The molecule has 4 heteroatoms. The first kappa shape index (κ1) is 36.2. The van der Waals surface area contributed by atoms with Crippen molar-refractivity contribution in [2.24, 2.45) is 0 Å². The van der Waals surface area contributed by atoms with Crippen LogP contribution in [0.4, 0.5) is 0 Å². The molecule has 0 fully saturated rings. The fourth-order valence-corrected chi connectivity index (χ4v) is 5.16. The summed E-state index contributed by atoms with van der Waals surface area (Å²) in [5.41, 5.74) is 0.831. The molecule has 0 saturated heterocycles. The van der Waals surface area contributed by atoms with Crippen LogP contribution in [-0.2, 0) is 9.47 Å². The van der Waals surface area contributed by atoms with Crippen LogP contribution < -0.4 is 0 Å². The molecule has 0 radical (unpaired) electrons. The van der Waals surface area contributed by atoms with Crippen molar-refractivity contribution in [3.8, 4) is 0 Å². The molecule has 0 saturated carbocycles. The lowest BCUT2D eigenvalue weighted by molar-refractivity contribution is 0.0496. The zero-order valence-electron chi connectivity index (χ0n) is 26.3. The fraction of sp³-hybridized carbons (Fsp3) is 0.778. The summed E-state index contributed by atoms with van der Waals surface area (Å²) in [5.74, 6) is -0.725. The van der Waals surface area contributed by atoms with Gasteiger partial charge in [-0.05, 0) is 31.0 Å². The molecule has 1 aromatic carbocycles. The van der Waals surface area contributed by atoms with Gasteiger partial charge < -0.3 is 9.47 Å². The van der Waals surface area contributed by atoms with E-state index in [0.29, 0.717) is 24.3 Å². The Morgan fingerprint density at radius 2 is 0.725 bits per heavy atom. The van der Waals surface area contributed by atoms with Gasteiger partial charge >= 0.3 is 11.9 Å². The smallest absolute Gasteiger partial charge is 0.338 e. The summed E-state index contributed by atoms with van der Waals surface area (Å²) < 4.78 is 10.9. The van der Waals surface area contributed by atoms with Gasteiger partial charge in [0.1, 0.15) is 0 Å². The predicted molar refractivity (Wildman–Crippen MR) is 169 cm³/mol. The molecule has 4 nitrogen and oxygen atoms in total. The maximum absolute atomic E-state index is 12.4. The fourth-order valence-electron chi connectivity index (χ4n) is 5.16. The Morgan fingerprint density at radius 1 is 0.450 bits per heavy atom. The zero-order valence-corrected chi connectivity index (χ0v) is 26.3. The van der Waals surface area contributed by atoms with E-state index in [-0.39, 0.29) is 11.9 Å². The second-order valence-corrected chi connectivity index (χ2v) is 11.6. The molecule has 0 aliphatic rings. The highest BCUT2D eigenvalue weighted by atomic mass is 16.5. The van der Waals surface area contributed by atoms with E-state index in [1.165, 1.54) is 128 Å². The van der Waals surface area contributed by atoms with Crippen LogP contribution in [0.25, 0.3) is 0 Å². The van der Waals surface area contributed by atoms with E-state index in [0.717, 1.165) is 25.7 Å². The largest absolute Gasteiger partial charge is 0.462 e. The van der Waals surface area contributed by atoms with E-state index in [1.807, 2.05) is 0 Å². The van der Waals surface area contributed by atoms with Crippen LogP contribution in [-0.4, -0.2) is 25.2 Å². The van der Waals surface area contributed by atoms with Gasteiger partial charge in [-0.1, -0.05) is 161 Å². The van der Waals surface area contributed by atoms with Gasteiger partial charge in [0.05, 0.1) is 24.3 Å². The van der Waals surface area contributed by atoms with Crippen molar-refractivity contribution < 1.29 is 19.1 Å². The number of carbonyl (C=O) groups excluding carboxylic acids is 2. The Morgan fingerprint density at radius 3 is 1.02 bits per heavy atom. The SMILES string of the molecule is CCCCCCCCCCCCCCOC(=O)c1cccc(C(=O)OCCCCCCCCCCCCCC)c1. The minimum atomic E-state index is -0.362. The lowest BCUT2D eigenvalue weighted by atomic mass is 10.1. The number of ether oxygens (including phenoxy) is 2. The maximum Gasteiger partial charge on any atom is 0.338 e. The number of rotatable bonds is 28. The molecule has 0 N–H and O–H groups in total. The lowest BCUT2D eigenvalue weighted by Crippen LogP contribution is -2.10. The van der Waals surface area contributed by atoms with Crippen molar-refractivity contribution >= 4 is 11.9 Å². The van der Waals surface area contributed by atoms with Crippen LogP contribution in [0.2, 0.25) is 0 Å². The molecule has 0 aromatic heterocycles. The summed E-state index contributed by atoms with van der Waals surface area (Å²) in [6, 6.07) is 6.72. The molecule has 0 spiro atoms. The molecule has 40 heavy (non-hydrogen) atoms. The van der Waals surface area contributed by atoms with Crippen molar-refractivity contribution in [1.29, 1.82) is 0 Å². The molecule has 0 aliphatic carbocycles. The van der Waals surface area contributed by atoms with Crippen molar-refractivity contribution in [3.05, 3.63) is 35.4 Å². The molecule has 230 valence electrons. The van der Waals surface area contributed by atoms with Gasteiger partial charge in [0.15, 0.2) is 0 Å². The third kappa shape index (κ3) is 21.0. The van der Waals surface area contributed by atoms with E-state index < -0.39 is 0 Å². The molecule has 0 bridgehead atoms. The molecule has 1 aromatic rings. The van der Waals surface area contributed by atoms with Crippen LogP contribution in [0.1, 0.15) is 189 Å². The monoisotopic (exact) mass is 558 g/mol. The summed E-state index contributed by atoms with van der Waals surface area (Å²) in [5, 5.41) is 0. The van der Waals surface area contributed by atoms with Crippen molar-refractivity contribution in [3.63, 3.8) is 0 Å². The minimum Gasteiger partial charge on any atom is -0.462 e. The number of unbranched alkanes of at least 4 members (excludes halogenated alkanes) is 22. The van der Waals surface area contributed by atoms with Gasteiger partial charge in [0, 0.05) is 0 Å². The number of esters is 2. The third-order valence-electron chi connectivity index (χ3n) is 7.80. The number of benzene rings is 1. The lowest BCUT2D eigenvalue weighted by Gasteiger charge is -2.08. The zero-order chi connectivity index (χ0) is 28.9. The van der Waals surface area contributed by atoms with E-state index in [9.17, 15) is 9.59 Å². The quantitative estimate of drug-likeness (QED) is 0.0758. The highest BCUT2D eigenvalue weighted by molar-refractivity contribution is 5.95. The number of hydrogen-bond acceptors (Lipinski definition) is 4. The standard InChI is InChI=1S/C36H62O4/c1-3-5-7-9-11-13-15-17-19-21-23-25-30-39-35(37)33-28-27-29-34(32-33)36(38)40-31-26-24-22-20-18-16-14-12-10-8-6-4-2/h27-29,32H,3-26,30-31H2,1-2H3. The first-order valence-corrected chi connectivity index (χ1v) is 17.1. The van der Waals surface area contributed by atoms with E-state index in [1.54, 1.807) is 24.3 Å². The van der Waals surface area contributed by atoms with Crippen LogP contribution in [0, 0.1) is 0 Å². The van der Waals surface area contributed by atoms with Gasteiger partial charge in [-0.3, -0.25) is 0 Å². The van der Waals surface area contributed by atoms with Crippen LogP contribution in [0.15, 0.2) is 24.3 Å². The maximum atomic E-state index is 12.4. The second kappa shape index (κ2) is 27.3. The molecular weight excluding hydrogens is 496 g/mol. The molecule has 0 heterocycles. The molecule has 0 atom stereocenters. The van der Waals surface area contributed by atoms with E-state index in [4.69, 9.17) is 9.47 Å². The first-order chi connectivity index (χ1) is 19.7. The predicted octanol–water partition coefficient (Wildman–Crippen LogP) is 11.4. The Bertz CT molecular complexity index is 672. The minimum absolute atomic E-state index is 0.362. The second-order valence-electron chi connectivity index (χ2n) is 11.6. The number of carbonyl (C=O) groups is 2. The summed E-state index contributed by atoms with van der Waals surface area (Å²) >= 11 is 0. The molecular formula is C36H62O4. The van der Waals surface area contributed by atoms with Gasteiger partial charge in [-0.25, -0.2) is 9.59 Å². The first-order valence-electron chi connectivity index (χ1n) is 17.1. The van der Waals surface area contributed by atoms with Gasteiger partial charge in [0.2, 0.25) is 0 Å². The highest BCUT2D eigenvalue weighted by Crippen LogP contribution is 2.14. The van der Waals surface area contributed by atoms with Crippen LogP contribution in [0.5, 0.6) is 0 Å². The summed E-state index contributed by atoms with van der Waals surface area (Å²) in [6.07, 6.45) is 30.7.